The zero-order chi connectivity index (χ0) is 12.8. The van der Waals surface area contributed by atoms with E-state index in [1.54, 1.807) is 0 Å². The smallest absolute Gasteiger partial charge is 0.395 e. The van der Waals surface area contributed by atoms with Gasteiger partial charge in [0, 0.05) is 13.7 Å². The lowest BCUT2D eigenvalue weighted by Gasteiger charge is -2.25. The first-order chi connectivity index (χ1) is 7.31. The topological polar surface area (TPSA) is 75.8 Å². The van der Waals surface area contributed by atoms with E-state index in [1.807, 2.05) is 0 Å². The number of amides is 1. The highest BCUT2D eigenvalue weighted by Crippen LogP contribution is 2.16. The summed E-state index contributed by atoms with van der Waals surface area (Å²) in [6, 6.07) is -1.15. The minimum atomic E-state index is -4.52. The van der Waals surface area contributed by atoms with Crippen molar-refractivity contribution in [3.05, 3.63) is 0 Å². The van der Waals surface area contributed by atoms with Crippen molar-refractivity contribution in [2.75, 3.05) is 33.4 Å². The number of hydrogen-bond acceptors (Lipinski definition) is 4. The van der Waals surface area contributed by atoms with Crippen molar-refractivity contribution in [2.24, 2.45) is 5.73 Å². The summed E-state index contributed by atoms with van der Waals surface area (Å²) in [5.74, 6) is -0.895. The van der Waals surface area contributed by atoms with Gasteiger partial charge in [0.2, 0.25) is 5.91 Å². The van der Waals surface area contributed by atoms with Gasteiger partial charge in [-0.1, -0.05) is 0 Å². The van der Waals surface area contributed by atoms with Crippen LogP contribution in [-0.4, -0.2) is 61.5 Å². The minimum absolute atomic E-state index is 0.168. The van der Waals surface area contributed by atoms with Gasteiger partial charge in [0.25, 0.3) is 0 Å². The van der Waals surface area contributed by atoms with E-state index in [9.17, 15) is 18.0 Å². The number of carbonyl (C=O) groups excluding carboxylic acids is 1. The van der Waals surface area contributed by atoms with Gasteiger partial charge in [0.1, 0.15) is 12.6 Å². The predicted molar refractivity (Wildman–Crippen MR) is 49.6 cm³/mol. The van der Waals surface area contributed by atoms with Crippen LogP contribution in [0.2, 0.25) is 0 Å². The fraction of sp³-hybridized carbons (Fsp3) is 0.875. The largest absolute Gasteiger partial charge is 0.406 e. The number of nitrogens with zero attached hydrogens (tertiary/aromatic N) is 1. The normalized spacial score (nSPS) is 13.6. The van der Waals surface area contributed by atoms with Crippen LogP contribution < -0.4 is 5.73 Å². The first-order valence-electron chi connectivity index (χ1n) is 4.52. The molecule has 16 heavy (non-hydrogen) atoms. The Morgan fingerprint density at radius 3 is 2.50 bits per heavy atom. The lowest BCUT2D eigenvalue weighted by molar-refractivity contribution is -0.163. The quantitative estimate of drug-likeness (QED) is 0.650. The predicted octanol–water partition coefficient (Wildman–Crippen LogP) is -0.657. The van der Waals surface area contributed by atoms with E-state index in [2.05, 4.69) is 4.74 Å². The van der Waals surface area contributed by atoms with Gasteiger partial charge in [-0.25, -0.2) is 0 Å². The van der Waals surface area contributed by atoms with Gasteiger partial charge in [-0.15, -0.1) is 0 Å². The number of hydrogen-bond donors (Lipinski definition) is 2. The number of aliphatic hydroxyl groups excluding tert-OH is 1. The second-order valence-corrected chi connectivity index (χ2v) is 3.16. The molecule has 0 aromatic heterocycles. The Hall–Kier alpha value is -0.860. The third kappa shape index (κ3) is 5.89. The standard InChI is InChI=1S/C8H15F3N2O3/c1-16-4-6(12)7(15)13(2-3-14)5-8(9,10)11/h6,14H,2-5,12H2,1H3. The minimum Gasteiger partial charge on any atom is -0.395 e. The average molecular weight is 244 g/mol. The molecular formula is C8H15F3N2O3. The van der Waals surface area contributed by atoms with Gasteiger partial charge in [0.05, 0.1) is 13.2 Å². The molecule has 1 atom stereocenters. The van der Waals surface area contributed by atoms with E-state index in [4.69, 9.17) is 10.8 Å². The summed E-state index contributed by atoms with van der Waals surface area (Å²) < 4.78 is 40.8. The number of carbonyl (C=O) groups is 1. The Bertz CT molecular complexity index is 223. The molecule has 1 unspecified atom stereocenters. The maximum atomic E-state index is 12.1. The molecule has 1 amide bonds. The molecule has 96 valence electrons. The number of ether oxygens (including phenoxy) is 1. The molecule has 0 aliphatic rings. The highest BCUT2D eigenvalue weighted by atomic mass is 19.4. The summed E-state index contributed by atoms with van der Waals surface area (Å²) in [6.45, 7) is -2.56. The van der Waals surface area contributed by atoms with Crippen LogP contribution in [0.25, 0.3) is 0 Å². The summed E-state index contributed by atoms with van der Waals surface area (Å²) in [6.07, 6.45) is -4.52. The SMILES string of the molecule is COCC(N)C(=O)N(CCO)CC(F)(F)F. The molecule has 0 bridgehead atoms. The zero-order valence-corrected chi connectivity index (χ0v) is 8.83. The van der Waals surface area contributed by atoms with Crippen molar-refractivity contribution in [3.63, 3.8) is 0 Å². The fourth-order valence-corrected chi connectivity index (χ4v) is 1.09. The van der Waals surface area contributed by atoms with Gasteiger partial charge in [-0.3, -0.25) is 4.79 Å². The zero-order valence-electron chi connectivity index (χ0n) is 8.83. The Morgan fingerprint density at radius 1 is 1.56 bits per heavy atom. The molecule has 0 radical (unpaired) electrons. The third-order valence-electron chi connectivity index (χ3n) is 1.72. The molecule has 0 saturated heterocycles. The second kappa shape index (κ2) is 6.66. The molecule has 0 aliphatic heterocycles. The molecule has 0 saturated carbocycles. The van der Waals surface area contributed by atoms with Crippen LogP contribution in [0.1, 0.15) is 0 Å². The lowest BCUT2D eigenvalue weighted by Crippen LogP contribution is -2.50. The van der Waals surface area contributed by atoms with Gasteiger partial charge in [-0.05, 0) is 0 Å². The Balaban J connectivity index is 4.46. The first kappa shape index (κ1) is 15.1. The van der Waals surface area contributed by atoms with Gasteiger partial charge >= 0.3 is 6.18 Å². The molecule has 0 fully saturated rings. The van der Waals surface area contributed by atoms with Crippen LogP contribution in [-0.2, 0) is 9.53 Å². The first-order valence-corrected chi connectivity index (χ1v) is 4.52. The van der Waals surface area contributed by atoms with Gasteiger partial charge in [-0.2, -0.15) is 13.2 Å². The van der Waals surface area contributed by atoms with Crippen LogP contribution in [0.3, 0.4) is 0 Å². The summed E-state index contributed by atoms with van der Waals surface area (Å²) in [4.78, 5) is 11.9. The van der Waals surface area contributed by atoms with E-state index in [1.165, 1.54) is 7.11 Å². The summed E-state index contributed by atoms with van der Waals surface area (Å²) in [5, 5.41) is 8.56. The van der Waals surface area contributed by atoms with E-state index in [-0.39, 0.29) is 6.61 Å². The molecule has 3 N–H and O–H groups in total. The molecule has 0 rings (SSSR count). The van der Waals surface area contributed by atoms with Crippen molar-refractivity contribution >= 4 is 5.91 Å². The number of nitrogens with two attached hydrogens (primary N) is 1. The van der Waals surface area contributed by atoms with E-state index >= 15 is 0 Å². The van der Waals surface area contributed by atoms with Crippen LogP contribution >= 0.6 is 0 Å². The number of halogens is 3. The monoisotopic (exact) mass is 244 g/mol. The average Bonchev–Trinajstić information content (AvgIpc) is 2.14. The van der Waals surface area contributed by atoms with Crippen LogP contribution in [0.4, 0.5) is 13.2 Å². The summed E-state index contributed by atoms with van der Waals surface area (Å²) in [5.41, 5.74) is 5.31. The number of methoxy groups -OCH3 is 1. The van der Waals surface area contributed by atoms with Crippen LogP contribution in [0.15, 0.2) is 0 Å². The van der Waals surface area contributed by atoms with Crippen molar-refractivity contribution < 1.29 is 27.8 Å². The third-order valence-corrected chi connectivity index (χ3v) is 1.72. The highest BCUT2D eigenvalue weighted by Gasteiger charge is 2.34. The molecular weight excluding hydrogens is 229 g/mol. The van der Waals surface area contributed by atoms with Crippen molar-refractivity contribution in [3.8, 4) is 0 Å². The Morgan fingerprint density at radius 2 is 2.12 bits per heavy atom. The highest BCUT2D eigenvalue weighted by molar-refractivity contribution is 5.81. The Kier molecular flexibility index (Phi) is 6.31. The molecule has 8 heteroatoms. The maximum Gasteiger partial charge on any atom is 0.406 e. The molecule has 0 heterocycles. The molecule has 0 aliphatic carbocycles. The van der Waals surface area contributed by atoms with Crippen LogP contribution in [0, 0.1) is 0 Å². The van der Waals surface area contributed by atoms with Crippen molar-refractivity contribution in [1.82, 2.24) is 4.90 Å². The molecule has 5 nitrogen and oxygen atoms in total. The van der Waals surface area contributed by atoms with E-state index < -0.39 is 37.8 Å². The number of rotatable bonds is 6. The van der Waals surface area contributed by atoms with E-state index in [0.717, 1.165) is 0 Å². The summed E-state index contributed by atoms with van der Waals surface area (Å²) in [7, 11) is 1.29. The number of alkyl halides is 3. The van der Waals surface area contributed by atoms with Crippen molar-refractivity contribution in [1.29, 1.82) is 0 Å². The molecule has 0 spiro atoms. The molecule has 0 aromatic rings. The van der Waals surface area contributed by atoms with Gasteiger partial charge < -0.3 is 20.5 Å². The number of aliphatic hydroxyl groups is 1. The fourth-order valence-electron chi connectivity index (χ4n) is 1.09. The molecule has 0 aromatic carbocycles. The maximum absolute atomic E-state index is 12.1. The van der Waals surface area contributed by atoms with E-state index in [0.29, 0.717) is 4.90 Å². The summed E-state index contributed by atoms with van der Waals surface area (Å²) >= 11 is 0. The van der Waals surface area contributed by atoms with Gasteiger partial charge in [0.15, 0.2) is 0 Å². The lowest BCUT2D eigenvalue weighted by atomic mass is 10.2. The Labute approximate surface area is 91.0 Å². The second-order valence-electron chi connectivity index (χ2n) is 3.16. The van der Waals surface area contributed by atoms with Crippen molar-refractivity contribution in [2.45, 2.75) is 12.2 Å². The van der Waals surface area contributed by atoms with Crippen LogP contribution in [0.5, 0.6) is 0 Å².